The number of rotatable bonds is 9. The molecule has 0 amide bonds. The third-order valence-corrected chi connectivity index (χ3v) is 3.97. The monoisotopic (exact) mass is 296 g/mol. The molecule has 114 valence electrons. The van der Waals surface area contributed by atoms with E-state index in [9.17, 15) is 9.59 Å². The lowest BCUT2D eigenvalue weighted by molar-refractivity contribution is -0.137. The fourth-order valence-corrected chi connectivity index (χ4v) is 3.05. The minimum atomic E-state index is -1.40. The second-order valence-electron chi connectivity index (χ2n) is 6.17. The van der Waals surface area contributed by atoms with Crippen molar-refractivity contribution in [3.05, 3.63) is 23.4 Å². The Kier molecular flexibility index (Phi) is 9.13. The van der Waals surface area contributed by atoms with Crippen molar-refractivity contribution in [2.75, 3.05) is 6.61 Å². The summed E-state index contributed by atoms with van der Waals surface area (Å²) in [5.74, 6) is -0.169. The highest BCUT2D eigenvalue weighted by Crippen LogP contribution is 2.19. The Morgan fingerprint density at radius 2 is 1.90 bits per heavy atom. The maximum atomic E-state index is 11.6. The Labute approximate surface area is 124 Å². The van der Waals surface area contributed by atoms with Gasteiger partial charge < -0.3 is 9.53 Å². The van der Waals surface area contributed by atoms with Crippen LogP contribution in [0.3, 0.4) is 0 Å². The van der Waals surface area contributed by atoms with E-state index in [1.807, 2.05) is 6.92 Å². The molecule has 0 aromatic carbocycles. The molecule has 1 unspecified atom stereocenters. The Morgan fingerprint density at radius 3 is 2.40 bits per heavy atom. The van der Waals surface area contributed by atoms with Gasteiger partial charge in [0.1, 0.15) is 6.29 Å². The van der Waals surface area contributed by atoms with Crippen molar-refractivity contribution in [3.8, 4) is 0 Å². The van der Waals surface area contributed by atoms with Crippen LogP contribution in [0.1, 0.15) is 33.1 Å². The zero-order valence-electron chi connectivity index (χ0n) is 13.4. The average Bonchev–Trinajstić information content (AvgIpc) is 2.33. The van der Waals surface area contributed by atoms with Gasteiger partial charge in [-0.15, -0.1) is 0 Å². The highest BCUT2D eigenvalue weighted by Gasteiger charge is 2.14. The number of hydrogen-bond donors (Lipinski definition) is 0. The van der Waals surface area contributed by atoms with Crippen molar-refractivity contribution >= 4 is 20.3 Å². The third kappa shape index (κ3) is 9.73. The first-order chi connectivity index (χ1) is 9.30. The predicted octanol–water partition coefficient (Wildman–Crippen LogP) is 3.91. The molecule has 0 aromatic heterocycles. The molecule has 0 fully saturated rings. The lowest BCUT2D eigenvalue weighted by atomic mass is 9.99. The molecule has 0 saturated carbocycles. The summed E-state index contributed by atoms with van der Waals surface area (Å²) in [6, 6.07) is 0. The van der Waals surface area contributed by atoms with Gasteiger partial charge in [0.25, 0.3) is 0 Å². The number of carbonyl (C=O) groups is 2. The van der Waals surface area contributed by atoms with Crippen molar-refractivity contribution in [2.24, 2.45) is 5.92 Å². The van der Waals surface area contributed by atoms with Gasteiger partial charge in [0.2, 0.25) is 0 Å². The normalized spacial score (nSPS) is 14.3. The summed E-state index contributed by atoms with van der Waals surface area (Å²) < 4.78 is 5.09. The number of carbonyl (C=O) groups excluding carboxylic acids is 2. The lowest BCUT2D eigenvalue weighted by Gasteiger charge is -2.16. The highest BCUT2D eigenvalue weighted by molar-refractivity contribution is 6.81. The number of hydrogen-bond acceptors (Lipinski definition) is 3. The van der Waals surface area contributed by atoms with E-state index in [4.69, 9.17) is 4.74 Å². The van der Waals surface area contributed by atoms with Crippen LogP contribution in [-0.2, 0) is 14.3 Å². The van der Waals surface area contributed by atoms with Crippen LogP contribution in [0.15, 0.2) is 23.4 Å². The minimum Gasteiger partial charge on any atom is -0.463 e. The SMILES string of the molecule is CCCCOC(=O)/C=C/C(=C/[Si](C)(C)C)C(C)CC=O. The quantitative estimate of drug-likeness (QED) is 0.162. The molecule has 0 aromatic rings. The number of ether oxygens (including phenoxy) is 1. The predicted molar refractivity (Wildman–Crippen MR) is 86.3 cm³/mol. The van der Waals surface area contributed by atoms with Crippen LogP contribution in [0.2, 0.25) is 19.6 Å². The summed E-state index contributed by atoms with van der Waals surface area (Å²) in [6.07, 6.45) is 6.58. The summed E-state index contributed by atoms with van der Waals surface area (Å²) in [5, 5.41) is 0. The number of aldehydes is 1. The fraction of sp³-hybridized carbons (Fsp3) is 0.625. The maximum absolute atomic E-state index is 11.6. The molecule has 4 heteroatoms. The molecular formula is C16H28O3Si. The van der Waals surface area contributed by atoms with Crippen molar-refractivity contribution in [1.29, 1.82) is 0 Å². The van der Waals surface area contributed by atoms with Crippen molar-refractivity contribution < 1.29 is 14.3 Å². The number of unbranched alkanes of at least 4 members (excludes halogenated alkanes) is 1. The van der Waals surface area contributed by atoms with Crippen molar-refractivity contribution in [3.63, 3.8) is 0 Å². The average molecular weight is 296 g/mol. The molecule has 0 aliphatic carbocycles. The Hall–Kier alpha value is -1.16. The van der Waals surface area contributed by atoms with E-state index in [0.717, 1.165) is 24.7 Å². The molecule has 0 spiro atoms. The van der Waals surface area contributed by atoms with E-state index in [0.29, 0.717) is 13.0 Å². The molecule has 0 N–H and O–H groups in total. The lowest BCUT2D eigenvalue weighted by Crippen LogP contribution is -2.18. The third-order valence-electron chi connectivity index (χ3n) is 2.77. The van der Waals surface area contributed by atoms with Crippen LogP contribution >= 0.6 is 0 Å². The summed E-state index contributed by atoms with van der Waals surface area (Å²) in [7, 11) is -1.40. The van der Waals surface area contributed by atoms with Crippen molar-refractivity contribution in [1.82, 2.24) is 0 Å². The summed E-state index contributed by atoms with van der Waals surface area (Å²) >= 11 is 0. The van der Waals surface area contributed by atoms with E-state index in [2.05, 4.69) is 32.3 Å². The van der Waals surface area contributed by atoms with E-state index in [1.54, 1.807) is 6.08 Å². The van der Waals surface area contributed by atoms with Crippen molar-refractivity contribution in [2.45, 2.75) is 52.8 Å². The number of esters is 1. The molecule has 3 nitrogen and oxygen atoms in total. The van der Waals surface area contributed by atoms with Crippen LogP contribution in [0.4, 0.5) is 0 Å². The molecule has 0 aliphatic rings. The zero-order valence-corrected chi connectivity index (χ0v) is 14.4. The van der Waals surface area contributed by atoms with E-state index >= 15 is 0 Å². The molecule has 0 heterocycles. The second kappa shape index (κ2) is 9.70. The Bertz CT molecular complexity index is 364. The van der Waals surface area contributed by atoms with Gasteiger partial charge in [0, 0.05) is 12.5 Å². The van der Waals surface area contributed by atoms with Gasteiger partial charge in [-0.3, -0.25) is 0 Å². The Morgan fingerprint density at radius 1 is 1.25 bits per heavy atom. The van der Waals surface area contributed by atoms with Gasteiger partial charge in [-0.2, -0.15) is 0 Å². The van der Waals surface area contributed by atoms with E-state index in [-0.39, 0.29) is 11.9 Å². The van der Waals surface area contributed by atoms with Gasteiger partial charge in [0.05, 0.1) is 14.7 Å². The summed E-state index contributed by atoms with van der Waals surface area (Å²) in [4.78, 5) is 22.2. The van der Waals surface area contributed by atoms with Crippen LogP contribution in [0.5, 0.6) is 0 Å². The van der Waals surface area contributed by atoms with Crippen LogP contribution in [0, 0.1) is 5.92 Å². The van der Waals surface area contributed by atoms with Gasteiger partial charge in [-0.25, -0.2) is 4.79 Å². The Balaban J connectivity index is 4.76. The first-order valence-corrected chi connectivity index (χ1v) is 10.9. The van der Waals surface area contributed by atoms with Gasteiger partial charge in [-0.1, -0.05) is 57.3 Å². The fourth-order valence-electron chi connectivity index (χ4n) is 1.66. The highest BCUT2D eigenvalue weighted by atomic mass is 28.3. The number of allylic oxidation sites excluding steroid dienone is 2. The van der Waals surface area contributed by atoms with Crippen LogP contribution in [0.25, 0.3) is 0 Å². The largest absolute Gasteiger partial charge is 0.463 e. The minimum absolute atomic E-state index is 0.138. The molecule has 0 rings (SSSR count). The smallest absolute Gasteiger partial charge is 0.330 e. The summed E-state index contributed by atoms with van der Waals surface area (Å²) in [6.45, 7) is 11.2. The topological polar surface area (TPSA) is 43.4 Å². The van der Waals surface area contributed by atoms with Gasteiger partial charge in [-0.05, 0) is 12.3 Å². The second-order valence-corrected chi connectivity index (χ2v) is 11.2. The van der Waals surface area contributed by atoms with E-state index in [1.165, 1.54) is 6.08 Å². The van der Waals surface area contributed by atoms with Gasteiger partial charge in [0.15, 0.2) is 0 Å². The van der Waals surface area contributed by atoms with Crippen LogP contribution in [-0.4, -0.2) is 26.9 Å². The zero-order chi connectivity index (χ0) is 15.6. The van der Waals surface area contributed by atoms with Gasteiger partial charge >= 0.3 is 5.97 Å². The maximum Gasteiger partial charge on any atom is 0.330 e. The molecule has 0 bridgehead atoms. The molecule has 1 atom stereocenters. The molecule has 20 heavy (non-hydrogen) atoms. The summed E-state index contributed by atoms with van der Waals surface area (Å²) in [5.41, 5.74) is 3.29. The van der Waals surface area contributed by atoms with E-state index < -0.39 is 8.07 Å². The molecule has 0 aliphatic heterocycles. The first kappa shape index (κ1) is 18.8. The molecule has 0 radical (unpaired) electrons. The molecule has 0 saturated heterocycles. The standard InChI is InChI=1S/C16H28O3Si/c1-6-7-12-19-16(18)9-8-15(13-20(3,4)5)14(2)10-11-17/h8-9,11,13-14H,6-7,10,12H2,1-5H3/b9-8+,15-13-. The van der Waals surface area contributed by atoms with Crippen LogP contribution < -0.4 is 0 Å². The first-order valence-electron chi connectivity index (χ1n) is 7.31. The molecular weight excluding hydrogens is 268 g/mol.